The number of amides is 1. The zero-order chi connectivity index (χ0) is 18.0. The van der Waals surface area contributed by atoms with Crippen LogP contribution in [0.25, 0.3) is 0 Å². The van der Waals surface area contributed by atoms with Crippen molar-refractivity contribution in [2.75, 3.05) is 6.26 Å². The molecule has 23 heavy (non-hydrogen) atoms. The summed E-state index contributed by atoms with van der Waals surface area (Å²) < 4.78 is 23.5. The maximum Gasteiger partial charge on any atom is 0.303 e. The molecule has 0 heterocycles. The first kappa shape index (κ1) is 19.2. The minimum absolute atomic E-state index is 0.0608. The molecule has 2 N–H and O–H groups in total. The van der Waals surface area contributed by atoms with Crippen LogP contribution in [0.1, 0.15) is 48.2 Å². The number of carboxylic acid groups (broad SMARTS) is 1. The number of carbonyl (C=O) groups is 2. The summed E-state index contributed by atoms with van der Waals surface area (Å²) in [6, 6.07) is 2.90. The van der Waals surface area contributed by atoms with Gasteiger partial charge < -0.3 is 10.4 Å². The summed E-state index contributed by atoms with van der Waals surface area (Å²) in [6.45, 7) is 6.96. The molecule has 1 rings (SSSR count). The van der Waals surface area contributed by atoms with Crippen LogP contribution in [0.5, 0.6) is 0 Å². The average Bonchev–Trinajstić information content (AvgIpc) is 2.37. The second kappa shape index (κ2) is 6.70. The third kappa shape index (κ3) is 5.35. The van der Waals surface area contributed by atoms with E-state index < -0.39 is 27.3 Å². The number of carbonyl (C=O) groups excluding carboxylic acids is 1. The van der Waals surface area contributed by atoms with Crippen LogP contribution in [-0.4, -0.2) is 37.2 Å². The molecule has 0 fully saturated rings. The number of aliphatic carboxylic acids is 1. The number of nitrogens with one attached hydrogen (secondary N) is 1. The highest BCUT2D eigenvalue weighted by Gasteiger charge is 2.24. The lowest BCUT2D eigenvalue weighted by Crippen LogP contribution is -2.44. The van der Waals surface area contributed by atoms with Crippen molar-refractivity contribution < 1.29 is 23.1 Å². The summed E-state index contributed by atoms with van der Waals surface area (Å²) in [5.41, 5.74) is 0.982. The molecule has 0 aliphatic heterocycles. The molecule has 0 radical (unpaired) electrons. The molecular weight excluding hydrogens is 318 g/mol. The molecule has 128 valence electrons. The van der Waals surface area contributed by atoms with E-state index in [1.165, 1.54) is 12.1 Å². The van der Waals surface area contributed by atoms with Gasteiger partial charge in [-0.25, -0.2) is 8.42 Å². The summed E-state index contributed by atoms with van der Waals surface area (Å²) >= 11 is 0. The molecule has 1 amide bonds. The van der Waals surface area contributed by atoms with E-state index in [9.17, 15) is 18.0 Å². The first-order chi connectivity index (χ1) is 10.3. The number of carboxylic acids is 1. The second-order valence-electron chi connectivity index (χ2n) is 6.42. The number of benzene rings is 1. The number of rotatable bonds is 6. The lowest BCUT2D eigenvalue weighted by atomic mass is 9.96. The molecule has 1 aromatic rings. The summed E-state index contributed by atoms with van der Waals surface area (Å²) in [5, 5.41) is 11.5. The van der Waals surface area contributed by atoms with Crippen LogP contribution in [-0.2, 0) is 14.6 Å². The highest BCUT2D eigenvalue weighted by atomic mass is 32.2. The van der Waals surface area contributed by atoms with Crippen LogP contribution in [0.4, 0.5) is 0 Å². The first-order valence-electron chi connectivity index (χ1n) is 7.19. The van der Waals surface area contributed by atoms with Crippen molar-refractivity contribution >= 4 is 21.7 Å². The summed E-state index contributed by atoms with van der Waals surface area (Å²) in [4.78, 5) is 23.3. The Morgan fingerprint density at radius 1 is 1.22 bits per heavy atom. The van der Waals surface area contributed by atoms with E-state index in [1.807, 2.05) is 0 Å². The zero-order valence-corrected chi connectivity index (χ0v) is 14.9. The fourth-order valence-corrected chi connectivity index (χ4v) is 2.86. The second-order valence-corrected chi connectivity index (χ2v) is 8.43. The van der Waals surface area contributed by atoms with Gasteiger partial charge in [-0.05, 0) is 57.4 Å². The first-order valence-corrected chi connectivity index (χ1v) is 9.08. The quantitative estimate of drug-likeness (QED) is 0.825. The lowest BCUT2D eigenvalue weighted by molar-refractivity contribution is -0.137. The highest BCUT2D eigenvalue weighted by molar-refractivity contribution is 7.90. The Hall–Kier alpha value is -1.89. The van der Waals surface area contributed by atoms with Crippen molar-refractivity contribution in [3.8, 4) is 0 Å². The van der Waals surface area contributed by atoms with Gasteiger partial charge in [0, 0.05) is 23.8 Å². The van der Waals surface area contributed by atoms with Crippen LogP contribution in [0.15, 0.2) is 17.0 Å². The molecule has 0 aromatic heterocycles. The Labute approximate surface area is 136 Å². The van der Waals surface area contributed by atoms with Crippen molar-refractivity contribution in [2.24, 2.45) is 0 Å². The summed E-state index contributed by atoms with van der Waals surface area (Å²) in [7, 11) is -3.42. The van der Waals surface area contributed by atoms with E-state index in [2.05, 4.69) is 5.32 Å². The molecule has 1 aromatic carbocycles. The van der Waals surface area contributed by atoms with Crippen LogP contribution in [0.2, 0.25) is 0 Å². The third-order valence-corrected chi connectivity index (χ3v) is 4.82. The summed E-state index contributed by atoms with van der Waals surface area (Å²) in [5.74, 6) is -1.34. The zero-order valence-electron chi connectivity index (χ0n) is 14.1. The van der Waals surface area contributed by atoms with E-state index in [1.54, 1.807) is 27.7 Å². The van der Waals surface area contributed by atoms with E-state index in [-0.39, 0.29) is 23.3 Å². The molecule has 6 nitrogen and oxygen atoms in total. The van der Waals surface area contributed by atoms with Crippen LogP contribution in [0, 0.1) is 13.8 Å². The molecule has 0 spiro atoms. The Morgan fingerprint density at radius 2 is 1.78 bits per heavy atom. The molecule has 7 heteroatoms. The topological polar surface area (TPSA) is 101 Å². The fraction of sp³-hybridized carbons (Fsp3) is 0.500. The molecule has 0 aliphatic rings. The minimum atomic E-state index is -3.42. The van der Waals surface area contributed by atoms with E-state index in [0.29, 0.717) is 11.1 Å². The van der Waals surface area contributed by atoms with Crippen LogP contribution >= 0.6 is 0 Å². The number of sulfone groups is 1. The molecule has 0 saturated carbocycles. The minimum Gasteiger partial charge on any atom is -0.481 e. The molecule has 0 bridgehead atoms. The van der Waals surface area contributed by atoms with Gasteiger partial charge in [0.25, 0.3) is 5.91 Å². The van der Waals surface area contributed by atoms with Gasteiger partial charge in [0.05, 0.1) is 4.90 Å². The van der Waals surface area contributed by atoms with Gasteiger partial charge in [-0.2, -0.15) is 0 Å². The standard InChI is InChI=1S/C16H23NO5S/c1-10-8-12(23(5,21)22)9-13(11(10)2)15(20)17-16(3,4)7-6-14(18)19/h8-9H,6-7H2,1-5H3,(H,17,20)(H,18,19). The van der Waals surface area contributed by atoms with Crippen molar-refractivity contribution in [1.29, 1.82) is 0 Å². The molecule has 0 saturated heterocycles. The number of hydrogen-bond donors (Lipinski definition) is 2. The van der Waals surface area contributed by atoms with E-state index in [4.69, 9.17) is 5.11 Å². The third-order valence-electron chi connectivity index (χ3n) is 3.73. The van der Waals surface area contributed by atoms with Gasteiger partial charge in [-0.15, -0.1) is 0 Å². The van der Waals surface area contributed by atoms with Gasteiger partial charge in [0.1, 0.15) is 0 Å². The molecular formula is C16H23NO5S. The average molecular weight is 341 g/mol. The van der Waals surface area contributed by atoms with Crippen LogP contribution in [0.3, 0.4) is 0 Å². The van der Waals surface area contributed by atoms with Gasteiger partial charge in [0.15, 0.2) is 9.84 Å². The molecule has 0 atom stereocenters. The van der Waals surface area contributed by atoms with Gasteiger partial charge in [0.2, 0.25) is 0 Å². The SMILES string of the molecule is Cc1cc(S(C)(=O)=O)cc(C(=O)NC(C)(C)CCC(=O)O)c1C. The molecule has 0 aliphatic carbocycles. The van der Waals surface area contributed by atoms with E-state index >= 15 is 0 Å². The Morgan fingerprint density at radius 3 is 2.26 bits per heavy atom. The van der Waals surface area contributed by atoms with Gasteiger partial charge in [-0.1, -0.05) is 0 Å². The maximum atomic E-state index is 12.5. The van der Waals surface area contributed by atoms with Crippen molar-refractivity contribution in [2.45, 2.75) is 51.0 Å². The monoisotopic (exact) mass is 341 g/mol. The Kier molecular flexibility index (Phi) is 5.58. The Balaban J connectivity index is 3.13. The van der Waals surface area contributed by atoms with Crippen LogP contribution < -0.4 is 5.32 Å². The Bertz CT molecular complexity index is 735. The highest BCUT2D eigenvalue weighted by Crippen LogP contribution is 2.21. The number of aryl methyl sites for hydroxylation is 1. The van der Waals surface area contributed by atoms with Crippen molar-refractivity contribution in [3.63, 3.8) is 0 Å². The molecule has 0 unspecified atom stereocenters. The fourth-order valence-electron chi connectivity index (χ4n) is 2.13. The van der Waals surface area contributed by atoms with Crippen molar-refractivity contribution in [3.05, 3.63) is 28.8 Å². The lowest BCUT2D eigenvalue weighted by Gasteiger charge is -2.26. The largest absolute Gasteiger partial charge is 0.481 e. The maximum absolute atomic E-state index is 12.5. The smallest absolute Gasteiger partial charge is 0.303 e. The number of hydrogen-bond acceptors (Lipinski definition) is 4. The predicted molar refractivity (Wildman–Crippen MR) is 87.4 cm³/mol. The summed E-state index contributed by atoms with van der Waals surface area (Å²) in [6.07, 6.45) is 1.31. The van der Waals surface area contributed by atoms with Gasteiger partial charge >= 0.3 is 5.97 Å². The van der Waals surface area contributed by atoms with Gasteiger partial charge in [-0.3, -0.25) is 9.59 Å². The predicted octanol–water partition coefficient (Wildman–Crippen LogP) is 2.08. The normalized spacial score (nSPS) is 12.0. The van der Waals surface area contributed by atoms with Crippen molar-refractivity contribution in [1.82, 2.24) is 5.32 Å². The van der Waals surface area contributed by atoms with E-state index in [0.717, 1.165) is 6.26 Å².